The highest BCUT2D eigenvalue weighted by molar-refractivity contribution is 5.10. The van der Waals surface area contributed by atoms with Crippen LogP contribution in [0, 0.1) is 12.3 Å². The van der Waals surface area contributed by atoms with Gasteiger partial charge >= 0.3 is 0 Å². The van der Waals surface area contributed by atoms with E-state index in [1.54, 1.807) is 0 Å². The molecule has 0 bridgehead atoms. The van der Waals surface area contributed by atoms with Gasteiger partial charge in [-0.1, -0.05) is 5.92 Å². The van der Waals surface area contributed by atoms with E-state index in [2.05, 4.69) is 21.4 Å². The van der Waals surface area contributed by atoms with Crippen molar-refractivity contribution in [3.05, 3.63) is 5.89 Å². The molecule has 0 amide bonds. The maximum atomic E-state index is 5.20. The maximum Gasteiger partial charge on any atom is 0.260 e. The Hall–Kier alpha value is -1.54. The van der Waals surface area contributed by atoms with Crippen LogP contribution in [0.4, 0.5) is 5.95 Å². The molecule has 3 N–H and O–H groups in total. The molecule has 0 unspecified atom stereocenters. The molecule has 0 radical (unpaired) electrons. The van der Waals surface area contributed by atoms with E-state index in [0.29, 0.717) is 19.0 Å². The van der Waals surface area contributed by atoms with E-state index < -0.39 is 0 Å². The van der Waals surface area contributed by atoms with Crippen LogP contribution in [0.15, 0.2) is 4.52 Å². The number of terminal acetylenes is 1. The third kappa shape index (κ3) is 2.27. The van der Waals surface area contributed by atoms with Crippen LogP contribution in [-0.2, 0) is 6.54 Å². The summed E-state index contributed by atoms with van der Waals surface area (Å²) in [6.07, 6.45) is 4.99. The average molecular weight is 152 g/mol. The average Bonchev–Trinajstić information content (AvgIpc) is 2.37. The van der Waals surface area contributed by atoms with Crippen LogP contribution in [0.3, 0.4) is 0 Å². The fourth-order valence-corrected chi connectivity index (χ4v) is 0.581. The van der Waals surface area contributed by atoms with Crippen molar-refractivity contribution < 1.29 is 4.52 Å². The topological polar surface area (TPSA) is 77.0 Å². The Balaban J connectivity index is 2.34. The Morgan fingerprint density at radius 1 is 1.73 bits per heavy atom. The van der Waals surface area contributed by atoms with E-state index in [-0.39, 0.29) is 5.95 Å². The Bertz CT molecular complexity index is 262. The van der Waals surface area contributed by atoms with E-state index in [9.17, 15) is 0 Å². The van der Waals surface area contributed by atoms with Crippen LogP contribution in [0.5, 0.6) is 0 Å². The number of nitrogens with one attached hydrogen (secondary N) is 1. The summed E-state index contributed by atoms with van der Waals surface area (Å²) in [5.74, 6) is 3.00. The van der Waals surface area contributed by atoms with Crippen molar-refractivity contribution in [2.24, 2.45) is 0 Å². The van der Waals surface area contributed by atoms with Gasteiger partial charge in [0.25, 0.3) is 5.95 Å². The first kappa shape index (κ1) is 7.57. The molecule has 0 atom stereocenters. The molecule has 58 valence electrons. The lowest BCUT2D eigenvalue weighted by Gasteiger charge is -1.91. The number of aromatic nitrogens is 2. The number of hydrogen-bond acceptors (Lipinski definition) is 5. The van der Waals surface area contributed by atoms with Gasteiger partial charge in [0.05, 0.1) is 13.1 Å². The fourth-order valence-electron chi connectivity index (χ4n) is 0.581. The van der Waals surface area contributed by atoms with Gasteiger partial charge in [-0.05, 0) is 5.16 Å². The van der Waals surface area contributed by atoms with Crippen molar-refractivity contribution >= 4 is 5.95 Å². The third-order valence-electron chi connectivity index (χ3n) is 0.987. The molecule has 0 aliphatic carbocycles. The number of anilines is 1. The molecular weight excluding hydrogens is 144 g/mol. The Kier molecular flexibility index (Phi) is 2.47. The van der Waals surface area contributed by atoms with Gasteiger partial charge in [-0.3, -0.25) is 5.32 Å². The minimum atomic E-state index is 0.141. The summed E-state index contributed by atoms with van der Waals surface area (Å²) in [5, 5.41) is 6.27. The summed E-state index contributed by atoms with van der Waals surface area (Å²) in [5.41, 5.74) is 5.20. The molecule has 0 aliphatic rings. The predicted molar refractivity (Wildman–Crippen MR) is 39.3 cm³/mol. The smallest absolute Gasteiger partial charge is 0.260 e. The molecule has 1 aromatic heterocycles. The lowest BCUT2D eigenvalue weighted by atomic mass is 10.6. The van der Waals surface area contributed by atoms with Gasteiger partial charge < -0.3 is 10.3 Å². The molecule has 5 nitrogen and oxygen atoms in total. The van der Waals surface area contributed by atoms with Crippen molar-refractivity contribution in [3.8, 4) is 12.3 Å². The zero-order valence-electron chi connectivity index (χ0n) is 5.87. The summed E-state index contributed by atoms with van der Waals surface area (Å²) in [4.78, 5) is 3.75. The summed E-state index contributed by atoms with van der Waals surface area (Å²) in [6, 6.07) is 0. The quantitative estimate of drug-likeness (QED) is 0.445. The normalized spacial score (nSPS) is 9.36. The molecule has 0 spiro atoms. The van der Waals surface area contributed by atoms with Crippen LogP contribution < -0.4 is 11.1 Å². The largest absolute Gasteiger partial charge is 0.365 e. The van der Waals surface area contributed by atoms with E-state index in [1.807, 2.05) is 0 Å². The first-order valence-corrected chi connectivity index (χ1v) is 3.05. The van der Waals surface area contributed by atoms with Crippen LogP contribution >= 0.6 is 0 Å². The van der Waals surface area contributed by atoms with Gasteiger partial charge in [0.2, 0.25) is 5.89 Å². The molecule has 0 saturated carbocycles. The van der Waals surface area contributed by atoms with Gasteiger partial charge in [-0.25, -0.2) is 0 Å². The van der Waals surface area contributed by atoms with Gasteiger partial charge in [0.1, 0.15) is 0 Å². The standard InChI is InChI=1S/C6H8N4O/c1-2-3-8-4-5-9-6(7)10-11-5/h1,8H,3-4H2,(H2,7,10). The lowest BCUT2D eigenvalue weighted by Crippen LogP contribution is -2.13. The zero-order chi connectivity index (χ0) is 8.10. The highest BCUT2D eigenvalue weighted by atomic mass is 16.5. The second-order valence-corrected chi connectivity index (χ2v) is 1.85. The molecule has 0 aliphatic heterocycles. The molecule has 1 heterocycles. The van der Waals surface area contributed by atoms with E-state index in [1.165, 1.54) is 0 Å². The highest BCUT2D eigenvalue weighted by Crippen LogP contribution is 1.95. The van der Waals surface area contributed by atoms with Crippen molar-refractivity contribution in [3.63, 3.8) is 0 Å². The minimum Gasteiger partial charge on any atom is -0.365 e. The number of nitrogens with zero attached hydrogens (tertiary/aromatic N) is 2. The van der Waals surface area contributed by atoms with Gasteiger partial charge in [0, 0.05) is 0 Å². The third-order valence-corrected chi connectivity index (χ3v) is 0.987. The molecule has 0 saturated heterocycles. The number of rotatable bonds is 3. The fraction of sp³-hybridized carbons (Fsp3) is 0.333. The van der Waals surface area contributed by atoms with Crippen molar-refractivity contribution in [2.75, 3.05) is 12.3 Å². The van der Waals surface area contributed by atoms with E-state index >= 15 is 0 Å². The Morgan fingerprint density at radius 2 is 2.55 bits per heavy atom. The number of nitrogens with two attached hydrogens (primary N) is 1. The van der Waals surface area contributed by atoms with Crippen molar-refractivity contribution in [1.82, 2.24) is 15.5 Å². The summed E-state index contributed by atoms with van der Waals surface area (Å²) in [6.45, 7) is 0.927. The molecule has 5 heteroatoms. The molecule has 11 heavy (non-hydrogen) atoms. The molecule has 0 fully saturated rings. The van der Waals surface area contributed by atoms with Crippen molar-refractivity contribution in [2.45, 2.75) is 6.54 Å². The van der Waals surface area contributed by atoms with Gasteiger partial charge in [-0.15, -0.1) is 6.42 Å². The maximum absolute atomic E-state index is 5.20. The zero-order valence-corrected chi connectivity index (χ0v) is 5.87. The van der Waals surface area contributed by atoms with Gasteiger partial charge in [0.15, 0.2) is 0 Å². The number of hydrogen-bond donors (Lipinski definition) is 2. The Morgan fingerprint density at radius 3 is 3.09 bits per heavy atom. The van der Waals surface area contributed by atoms with Crippen LogP contribution in [0.1, 0.15) is 5.89 Å². The summed E-state index contributed by atoms with van der Waals surface area (Å²) >= 11 is 0. The van der Waals surface area contributed by atoms with Crippen LogP contribution in [0.25, 0.3) is 0 Å². The van der Waals surface area contributed by atoms with E-state index in [0.717, 1.165) is 0 Å². The molecule has 1 rings (SSSR count). The van der Waals surface area contributed by atoms with E-state index in [4.69, 9.17) is 16.7 Å². The SMILES string of the molecule is C#CCNCc1nc(N)no1. The van der Waals surface area contributed by atoms with Crippen LogP contribution in [0.2, 0.25) is 0 Å². The second-order valence-electron chi connectivity index (χ2n) is 1.85. The molecule has 1 aromatic rings. The highest BCUT2D eigenvalue weighted by Gasteiger charge is 1.99. The second kappa shape index (κ2) is 3.58. The summed E-state index contributed by atoms with van der Waals surface area (Å²) < 4.78 is 4.69. The first-order valence-electron chi connectivity index (χ1n) is 3.05. The number of nitrogen functional groups attached to an aromatic ring is 1. The van der Waals surface area contributed by atoms with Crippen LogP contribution in [-0.4, -0.2) is 16.7 Å². The monoisotopic (exact) mass is 152 g/mol. The molecular formula is C6H8N4O. The van der Waals surface area contributed by atoms with Crippen molar-refractivity contribution in [1.29, 1.82) is 0 Å². The Labute approximate surface area is 64.0 Å². The lowest BCUT2D eigenvalue weighted by molar-refractivity contribution is 0.371. The predicted octanol–water partition coefficient (Wildman–Crippen LogP) is -0.625. The summed E-state index contributed by atoms with van der Waals surface area (Å²) in [7, 11) is 0. The van der Waals surface area contributed by atoms with Gasteiger partial charge in [-0.2, -0.15) is 4.98 Å². The molecule has 0 aromatic carbocycles. The first-order chi connectivity index (χ1) is 5.33. The minimum absolute atomic E-state index is 0.141.